The lowest BCUT2D eigenvalue weighted by molar-refractivity contribution is -0.120. The van der Waals surface area contributed by atoms with Crippen LogP contribution in [0.1, 0.15) is 28.4 Å². The summed E-state index contributed by atoms with van der Waals surface area (Å²) < 4.78 is 5.90. The summed E-state index contributed by atoms with van der Waals surface area (Å²) in [6.45, 7) is 4.60. The third kappa shape index (κ3) is 5.80. The van der Waals surface area contributed by atoms with Crippen molar-refractivity contribution in [1.82, 2.24) is 4.90 Å². The average Bonchev–Trinajstić information content (AvgIpc) is 3.10. The third-order valence-electron chi connectivity index (χ3n) is 7.21. The van der Waals surface area contributed by atoms with E-state index in [1.165, 1.54) is 0 Å². The van der Waals surface area contributed by atoms with Crippen molar-refractivity contribution < 1.29 is 14.3 Å². The smallest absolute Gasteiger partial charge is 0.265 e. The van der Waals surface area contributed by atoms with Crippen LogP contribution in [0.15, 0.2) is 108 Å². The van der Waals surface area contributed by atoms with Gasteiger partial charge in [0.15, 0.2) is 12.4 Å². The molecule has 0 atom stereocenters. The van der Waals surface area contributed by atoms with Crippen LogP contribution in [-0.2, 0) is 11.3 Å². The largest absolute Gasteiger partial charge is 0.483 e. The number of anilines is 1. The molecule has 1 aliphatic heterocycles. The van der Waals surface area contributed by atoms with Gasteiger partial charge < -0.3 is 14.5 Å². The average molecular weight is 551 g/mol. The van der Waals surface area contributed by atoms with E-state index in [0.29, 0.717) is 35.0 Å². The summed E-state index contributed by atoms with van der Waals surface area (Å²) >= 11 is 6.07. The molecule has 0 aliphatic carbocycles. The van der Waals surface area contributed by atoms with E-state index < -0.39 is 0 Å². The molecule has 0 unspecified atom stereocenters. The number of allylic oxidation sites excluding steroid dienone is 3. The van der Waals surface area contributed by atoms with E-state index in [1.807, 2.05) is 106 Å². The minimum Gasteiger partial charge on any atom is -0.483 e. The number of amides is 1. The molecule has 4 aromatic rings. The van der Waals surface area contributed by atoms with E-state index in [0.717, 1.165) is 33.3 Å². The van der Waals surface area contributed by atoms with Gasteiger partial charge in [-0.3, -0.25) is 9.59 Å². The third-order valence-corrected chi connectivity index (χ3v) is 7.44. The number of hydrogen-bond donors (Lipinski definition) is 0. The van der Waals surface area contributed by atoms with Gasteiger partial charge in [-0.25, -0.2) is 0 Å². The van der Waals surface area contributed by atoms with Gasteiger partial charge in [-0.05, 0) is 71.7 Å². The number of halogens is 1. The predicted octanol–water partition coefficient (Wildman–Crippen LogP) is 7.37. The molecule has 0 saturated carbocycles. The molecule has 0 spiro atoms. The monoisotopic (exact) mass is 550 g/mol. The van der Waals surface area contributed by atoms with Crippen LogP contribution in [0.5, 0.6) is 5.75 Å². The van der Waals surface area contributed by atoms with Crippen molar-refractivity contribution >= 4 is 39.8 Å². The predicted molar refractivity (Wildman–Crippen MR) is 162 cm³/mol. The maximum absolute atomic E-state index is 13.5. The van der Waals surface area contributed by atoms with Crippen molar-refractivity contribution in [3.05, 3.63) is 130 Å². The van der Waals surface area contributed by atoms with Gasteiger partial charge in [-0.1, -0.05) is 78.3 Å². The van der Waals surface area contributed by atoms with E-state index in [2.05, 4.69) is 4.90 Å². The second-order valence-corrected chi connectivity index (χ2v) is 10.5. The highest BCUT2D eigenvalue weighted by Gasteiger charge is 2.26. The quantitative estimate of drug-likeness (QED) is 0.186. The number of ether oxygens (including phenoxy) is 1. The Morgan fingerprint density at radius 1 is 0.950 bits per heavy atom. The Morgan fingerprint density at radius 2 is 1.70 bits per heavy atom. The van der Waals surface area contributed by atoms with E-state index in [1.54, 1.807) is 17.0 Å². The molecular formula is C34H31ClN2O3. The normalized spacial score (nSPS) is 14.7. The standard InChI is InChI=1S/C34H31ClN2O3/c1-23(34(39)30-13-8-11-25-9-4-6-12-29(25)30)15-17-28-21-37(31-14-7-5-10-26(31)20-36(28)3)33(38)22-40-32-18-16-27(35)19-24(32)2/h4-19H,20-22H2,1-3H3/b23-15+,28-17-. The molecule has 0 saturated heterocycles. The lowest BCUT2D eigenvalue weighted by Crippen LogP contribution is -2.37. The fourth-order valence-corrected chi connectivity index (χ4v) is 5.19. The number of Topliss-reactive ketones (excluding diaryl/α,β-unsaturated/α-hetero) is 1. The first kappa shape index (κ1) is 27.2. The van der Waals surface area contributed by atoms with Gasteiger partial charge in [0, 0.05) is 35.6 Å². The summed E-state index contributed by atoms with van der Waals surface area (Å²) in [7, 11) is 2.00. The number of likely N-dealkylation sites (N-methyl/N-ethyl adjacent to an activating group) is 1. The molecule has 0 fully saturated rings. The molecular weight excluding hydrogens is 520 g/mol. The summed E-state index contributed by atoms with van der Waals surface area (Å²) in [6.07, 6.45) is 3.79. The zero-order valence-corrected chi connectivity index (χ0v) is 23.6. The Hall–Kier alpha value is -4.35. The SMILES string of the molecule is C/C(=C\C=C1\CN(C(=O)COc2ccc(Cl)cc2C)c2ccccc2CN1C)C(=O)c1cccc2ccccc12. The zero-order chi connectivity index (χ0) is 28.2. The Balaban J connectivity index is 1.41. The van der Waals surface area contributed by atoms with Gasteiger partial charge in [0.25, 0.3) is 5.91 Å². The Bertz CT molecular complexity index is 1650. The van der Waals surface area contributed by atoms with Gasteiger partial charge in [0.1, 0.15) is 5.75 Å². The fourth-order valence-electron chi connectivity index (χ4n) is 4.96. The van der Waals surface area contributed by atoms with Crippen molar-refractivity contribution in [3.63, 3.8) is 0 Å². The molecule has 0 aromatic heterocycles. The van der Waals surface area contributed by atoms with Crippen LogP contribution in [0.2, 0.25) is 5.02 Å². The zero-order valence-electron chi connectivity index (χ0n) is 22.9. The van der Waals surface area contributed by atoms with E-state index in [-0.39, 0.29) is 18.3 Å². The van der Waals surface area contributed by atoms with Crippen LogP contribution in [0.4, 0.5) is 5.69 Å². The van der Waals surface area contributed by atoms with Gasteiger partial charge in [-0.15, -0.1) is 0 Å². The van der Waals surface area contributed by atoms with Crippen LogP contribution in [-0.4, -0.2) is 36.8 Å². The number of nitrogens with zero attached hydrogens (tertiary/aromatic N) is 2. The minimum atomic E-state index is -0.157. The molecule has 202 valence electrons. The molecule has 5 nitrogen and oxygen atoms in total. The summed E-state index contributed by atoms with van der Waals surface area (Å²) in [4.78, 5) is 30.8. The first-order valence-electron chi connectivity index (χ1n) is 13.2. The summed E-state index contributed by atoms with van der Waals surface area (Å²) in [5, 5.41) is 2.59. The van der Waals surface area contributed by atoms with Crippen LogP contribution in [0.25, 0.3) is 10.8 Å². The van der Waals surface area contributed by atoms with Crippen molar-refractivity contribution in [2.75, 3.05) is 25.1 Å². The molecule has 1 amide bonds. The fraction of sp³-hybridized carbons (Fsp3) is 0.176. The number of hydrogen-bond acceptors (Lipinski definition) is 4. The number of carbonyl (C=O) groups excluding carboxylic acids is 2. The van der Waals surface area contributed by atoms with Crippen LogP contribution in [0.3, 0.4) is 0 Å². The molecule has 5 rings (SSSR count). The molecule has 1 aliphatic rings. The first-order chi connectivity index (χ1) is 19.3. The van der Waals surface area contributed by atoms with Crippen molar-refractivity contribution in [2.24, 2.45) is 0 Å². The maximum atomic E-state index is 13.5. The summed E-state index contributed by atoms with van der Waals surface area (Å²) in [6, 6.07) is 26.9. The number of aryl methyl sites for hydroxylation is 1. The van der Waals surface area contributed by atoms with Gasteiger partial charge >= 0.3 is 0 Å². The highest BCUT2D eigenvalue weighted by atomic mass is 35.5. The molecule has 0 radical (unpaired) electrons. The van der Waals surface area contributed by atoms with Gasteiger partial charge in [0.05, 0.1) is 6.54 Å². The molecule has 40 heavy (non-hydrogen) atoms. The number of fused-ring (bicyclic) bond motifs is 2. The lowest BCUT2D eigenvalue weighted by Gasteiger charge is -2.24. The number of rotatable bonds is 6. The van der Waals surface area contributed by atoms with E-state index >= 15 is 0 Å². The Labute approximate surface area is 239 Å². The number of para-hydroxylation sites is 1. The van der Waals surface area contributed by atoms with E-state index in [4.69, 9.17) is 16.3 Å². The van der Waals surface area contributed by atoms with Crippen molar-refractivity contribution in [3.8, 4) is 5.75 Å². The second kappa shape index (κ2) is 11.8. The molecule has 0 N–H and O–H groups in total. The van der Waals surface area contributed by atoms with Crippen molar-refractivity contribution in [1.29, 1.82) is 0 Å². The number of carbonyl (C=O) groups is 2. The minimum absolute atomic E-state index is 0.0205. The highest BCUT2D eigenvalue weighted by molar-refractivity contribution is 6.30. The van der Waals surface area contributed by atoms with Crippen molar-refractivity contribution in [2.45, 2.75) is 20.4 Å². The molecule has 1 heterocycles. The van der Waals surface area contributed by atoms with Crippen LogP contribution in [0, 0.1) is 6.92 Å². The molecule has 4 aromatic carbocycles. The van der Waals surface area contributed by atoms with E-state index in [9.17, 15) is 9.59 Å². The summed E-state index contributed by atoms with van der Waals surface area (Å²) in [5.41, 5.74) is 4.98. The topological polar surface area (TPSA) is 49.9 Å². The lowest BCUT2D eigenvalue weighted by atomic mass is 9.97. The molecule has 6 heteroatoms. The Morgan fingerprint density at radius 3 is 2.52 bits per heavy atom. The second-order valence-electron chi connectivity index (χ2n) is 10.0. The number of benzene rings is 4. The van der Waals surface area contributed by atoms with Gasteiger partial charge in [0.2, 0.25) is 0 Å². The maximum Gasteiger partial charge on any atom is 0.265 e. The molecule has 0 bridgehead atoms. The number of ketones is 1. The van der Waals surface area contributed by atoms with Crippen LogP contribution < -0.4 is 9.64 Å². The summed E-state index contributed by atoms with van der Waals surface area (Å²) in [5.74, 6) is 0.447. The van der Waals surface area contributed by atoms with Crippen LogP contribution >= 0.6 is 11.6 Å². The highest BCUT2D eigenvalue weighted by Crippen LogP contribution is 2.29. The van der Waals surface area contributed by atoms with Gasteiger partial charge in [-0.2, -0.15) is 0 Å². The first-order valence-corrected chi connectivity index (χ1v) is 13.6. The Kier molecular flexibility index (Phi) is 8.04.